The van der Waals surface area contributed by atoms with Gasteiger partial charge < -0.3 is 4.74 Å². The van der Waals surface area contributed by atoms with Crippen molar-refractivity contribution in [2.24, 2.45) is 0 Å². The van der Waals surface area contributed by atoms with Gasteiger partial charge in [-0.1, -0.05) is 17.4 Å². The zero-order valence-electron chi connectivity index (χ0n) is 15.4. The van der Waals surface area contributed by atoms with E-state index in [-0.39, 0.29) is 17.8 Å². The Labute approximate surface area is 161 Å². The van der Waals surface area contributed by atoms with Gasteiger partial charge in [0.2, 0.25) is 0 Å². The van der Waals surface area contributed by atoms with Crippen molar-refractivity contribution in [1.82, 2.24) is 4.98 Å². The molecule has 0 bridgehead atoms. The summed E-state index contributed by atoms with van der Waals surface area (Å²) in [5.41, 5.74) is 3.54. The van der Waals surface area contributed by atoms with E-state index in [1.54, 1.807) is 11.0 Å². The summed E-state index contributed by atoms with van der Waals surface area (Å²) >= 11 is 1.33. The summed E-state index contributed by atoms with van der Waals surface area (Å²) < 4.78 is 20.0. The molecule has 0 aliphatic carbocycles. The van der Waals surface area contributed by atoms with Crippen molar-refractivity contribution in [2.75, 3.05) is 18.1 Å². The van der Waals surface area contributed by atoms with Crippen LogP contribution in [0.5, 0.6) is 0 Å². The molecule has 2 aromatic carbocycles. The summed E-state index contributed by atoms with van der Waals surface area (Å²) in [6.07, 6.45) is 1.93. The average molecular weight is 384 g/mol. The number of hydrogen-bond acceptors (Lipinski definition) is 4. The molecule has 4 nitrogen and oxygen atoms in total. The van der Waals surface area contributed by atoms with Gasteiger partial charge in [0, 0.05) is 12.2 Å². The van der Waals surface area contributed by atoms with Crippen LogP contribution in [-0.4, -0.2) is 30.1 Å². The molecule has 2 heterocycles. The fourth-order valence-corrected chi connectivity index (χ4v) is 4.27. The molecule has 0 saturated carbocycles. The summed E-state index contributed by atoms with van der Waals surface area (Å²) in [7, 11) is 0. The van der Waals surface area contributed by atoms with Crippen molar-refractivity contribution < 1.29 is 13.9 Å². The molecular formula is C21H21FN2O2S. The third-order valence-corrected chi connectivity index (χ3v) is 6.02. The summed E-state index contributed by atoms with van der Waals surface area (Å²) in [6.45, 7) is 5.20. The van der Waals surface area contributed by atoms with Crippen LogP contribution in [0.3, 0.4) is 0 Å². The Hall–Kier alpha value is -2.31. The van der Waals surface area contributed by atoms with Crippen LogP contribution in [0, 0.1) is 19.7 Å². The number of anilines is 1. The number of ether oxygens (including phenoxy) is 1. The van der Waals surface area contributed by atoms with Crippen LogP contribution in [0.15, 0.2) is 36.4 Å². The van der Waals surface area contributed by atoms with E-state index in [0.29, 0.717) is 22.8 Å². The molecule has 1 unspecified atom stereocenters. The number of carbonyl (C=O) groups excluding carboxylic acids is 1. The molecular weight excluding hydrogens is 363 g/mol. The minimum Gasteiger partial charge on any atom is -0.376 e. The zero-order chi connectivity index (χ0) is 19.0. The van der Waals surface area contributed by atoms with Gasteiger partial charge >= 0.3 is 0 Å². The van der Waals surface area contributed by atoms with E-state index in [9.17, 15) is 9.18 Å². The maximum Gasteiger partial charge on any atom is 0.260 e. The minimum absolute atomic E-state index is 0.00393. The van der Waals surface area contributed by atoms with Gasteiger partial charge in [-0.2, -0.15) is 0 Å². The van der Waals surface area contributed by atoms with E-state index in [0.717, 1.165) is 35.3 Å². The molecule has 3 aromatic rings. The summed E-state index contributed by atoms with van der Waals surface area (Å²) in [4.78, 5) is 19.6. The quantitative estimate of drug-likeness (QED) is 0.644. The Morgan fingerprint density at radius 1 is 1.26 bits per heavy atom. The Bertz CT molecular complexity index is 995. The van der Waals surface area contributed by atoms with E-state index in [2.05, 4.69) is 4.98 Å². The van der Waals surface area contributed by atoms with Crippen molar-refractivity contribution in [3.8, 4) is 0 Å². The summed E-state index contributed by atoms with van der Waals surface area (Å²) in [5.74, 6) is -0.406. The number of nitrogens with zero attached hydrogens (tertiary/aromatic N) is 2. The Balaban J connectivity index is 1.72. The molecule has 1 aliphatic heterocycles. The van der Waals surface area contributed by atoms with Crippen LogP contribution in [0.25, 0.3) is 10.2 Å². The number of amides is 1. The monoisotopic (exact) mass is 384 g/mol. The predicted molar refractivity (Wildman–Crippen MR) is 106 cm³/mol. The second kappa shape index (κ2) is 7.37. The van der Waals surface area contributed by atoms with Crippen LogP contribution in [0.4, 0.5) is 9.52 Å². The lowest BCUT2D eigenvalue weighted by Gasteiger charge is -2.23. The topological polar surface area (TPSA) is 42.4 Å². The van der Waals surface area contributed by atoms with Crippen LogP contribution in [-0.2, 0) is 4.74 Å². The van der Waals surface area contributed by atoms with E-state index in [1.807, 2.05) is 32.0 Å². The van der Waals surface area contributed by atoms with E-state index in [4.69, 9.17) is 4.74 Å². The maximum absolute atomic E-state index is 13.6. The van der Waals surface area contributed by atoms with E-state index >= 15 is 0 Å². The number of hydrogen-bond donors (Lipinski definition) is 0. The Morgan fingerprint density at radius 3 is 2.85 bits per heavy atom. The van der Waals surface area contributed by atoms with Crippen LogP contribution in [0.1, 0.15) is 34.3 Å². The third kappa shape index (κ3) is 3.73. The second-order valence-electron chi connectivity index (χ2n) is 6.96. The van der Waals surface area contributed by atoms with Crippen LogP contribution in [0.2, 0.25) is 0 Å². The standard InChI is InChI=1S/C21H21FN2O2S/c1-13-5-6-15(10-14(13)2)20(25)24(12-17-4-3-9-26-17)21-23-18-8-7-16(22)11-19(18)27-21/h5-8,10-11,17H,3-4,9,12H2,1-2H3. The number of carbonyl (C=O) groups is 1. The molecule has 27 heavy (non-hydrogen) atoms. The lowest BCUT2D eigenvalue weighted by atomic mass is 10.1. The van der Waals surface area contributed by atoms with E-state index < -0.39 is 0 Å². The molecule has 0 radical (unpaired) electrons. The Morgan fingerprint density at radius 2 is 2.11 bits per heavy atom. The van der Waals surface area contributed by atoms with Gasteiger partial charge in [-0.15, -0.1) is 0 Å². The van der Waals surface area contributed by atoms with Crippen molar-refractivity contribution in [1.29, 1.82) is 0 Å². The fourth-order valence-electron chi connectivity index (χ4n) is 3.27. The Kier molecular flexibility index (Phi) is 4.93. The molecule has 1 atom stereocenters. The van der Waals surface area contributed by atoms with Gasteiger partial charge in [-0.3, -0.25) is 9.69 Å². The highest BCUT2D eigenvalue weighted by molar-refractivity contribution is 7.22. The number of benzene rings is 2. The number of thiazole rings is 1. The molecule has 0 N–H and O–H groups in total. The molecule has 1 amide bonds. The zero-order valence-corrected chi connectivity index (χ0v) is 16.2. The van der Waals surface area contributed by atoms with Gasteiger partial charge in [0.05, 0.1) is 22.9 Å². The van der Waals surface area contributed by atoms with Crippen LogP contribution < -0.4 is 4.90 Å². The fraction of sp³-hybridized carbons (Fsp3) is 0.333. The SMILES string of the molecule is Cc1ccc(C(=O)N(CC2CCCO2)c2nc3ccc(F)cc3s2)cc1C. The first-order chi connectivity index (χ1) is 13.0. The first kappa shape index (κ1) is 18.1. The second-order valence-corrected chi connectivity index (χ2v) is 7.97. The highest BCUT2D eigenvalue weighted by atomic mass is 32.1. The number of rotatable bonds is 4. The number of aromatic nitrogens is 1. The first-order valence-electron chi connectivity index (χ1n) is 9.08. The van der Waals surface area contributed by atoms with Gasteiger partial charge in [-0.25, -0.2) is 9.37 Å². The molecule has 1 aromatic heterocycles. The average Bonchev–Trinajstić information content (AvgIpc) is 3.30. The first-order valence-corrected chi connectivity index (χ1v) is 9.90. The van der Waals surface area contributed by atoms with Crippen LogP contribution >= 0.6 is 11.3 Å². The van der Waals surface area contributed by atoms with Crippen molar-refractivity contribution in [2.45, 2.75) is 32.8 Å². The smallest absolute Gasteiger partial charge is 0.260 e. The largest absolute Gasteiger partial charge is 0.376 e. The molecule has 1 fully saturated rings. The van der Waals surface area contributed by atoms with Gasteiger partial charge in [-0.05, 0) is 68.1 Å². The summed E-state index contributed by atoms with van der Waals surface area (Å²) in [6, 6.07) is 10.2. The van der Waals surface area contributed by atoms with Gasteiger partial charge in [0.15, 0.2) is 5.13 Å². The summed E-state index contributed by atoms with van der Waals surface area (Å²) in [5, 5.41) is 0.578. The van der Waals surface area contributed by atoms with Crippen molar-refractivity contribution in [3.05, 3.63) is 58.9 Å². The lowest BCUT2D eigenvalue weighted by molar-refractivity contribution is 0.0917. The van der Waals surface area contributed by atoms with E-state index in [1.165, 1.54) is 23.5 Å². The molecule has 6 heteroatoms. The predicted octanol–water partition coefficient (Wildman–Crippen LogP) is 4.88. The number of fused-ring (bicyclic) bond motifs is 1. The van der Waals surface area contributed by atoms with Crippen molar-refractivity contribution >= 4 is 32.6 Å². The highest BCUT2D eigenvalue weighted by Gasteiger charge is 2.27. The normalized spacial score (nSPS) is 16.8. The molecule has 4 rings (SSSR count). The molecule has 140 valence electrons. The van der Waals surface area contributed by atoms with Gasteiger partial charge in [0.1, 0.15) is 5.82 Å². The lowest BCUT2D eigenvalue weighted by Crippen LogP contribution is -2.37. The minimum atomic E-state index is -0.302. The highest BCUT2D eigenvalue weighted by Crippen LogP contribution is 2.31. The number of halogens is 1. The van der Waals surface area contributed by atoms with Gasteiger partial charge in [0.25, 0.3) is 5.91 Å². The molecule has 1 aliphatic rings. The molecule has 0 spiro atoms. The maximum atomic E-state index is 13.6. The third-order valence-electron chi connectivity index (χ3n) is 4.98. The number of aryl methyl sites for hydroxylation is 2. The van der Waals surface area contributed by atoms with Crippen molar-refractivity contribution in [3.63, 3.8) is 0 Å². The molecule has 1 saturated heterocycles.